The Bertz CT molecular complexity index is 270. The lowest BCUT2D eigenvalue weighted by molar-refractivity contribution is 0.651. The van der Waals surface area contributed by atoms with Crippen molar-refractivity contribution in [1.29, 1.82) is 0 Å². The van der Waals surface area contributed by atoms with Gasteiger partial charge < -0.3 is 4.12 Å². The number of hydrogen-bond acceptors (Lipinski definition) is 1. The molecule has 0 unspecified atom stereocenters. The van der Waals surface area contributed by atoms with E-state index in [4.69, 9.17) is 4.12 Å². The minimum atomic E-state index is -0.354. The quantitative estimate of drug-likeness (QED) is 0.620. The number of hydrogen-bond donors (Lipinski definition) is 0. The van der Waals surface area contributed by atoms with E-state index in [1.54, 1.807) is 10.4 Å². The van der Waals surface area contributed by atoms with Gasteiger partial charge in [0.05, 0.1) is 0 Å². The standard InChI is InChI=1S/C10H14OSi2/c1-2-6-9(5-1)12-11-13-10-7-3-4-8-10/h1-5,7H,6,8,12-13H2. The number of allylic oxidation sites excluding steroid dienone is 8. The molecule has 1 nitrogen and oxygen atoms in total. The number of rotatable bonds is 4. The second-order valence-corrected chi connectivity index (χ2v) is 7.43. The van der Waals surface area contributed by atoms with Gasteiger partial charge in [-0.05, 0) is 12.8 Å². The van der Waals surface area contributed by atoms with Crippen LogP contribution in [-0.4, -0.2) is 19.5 Å². The molecule has 0 atom stereocenters. The summed E-state index contributed by atoms with van der Waals surface area (Å²) in [6, 6.07) is 0. The molecule has 0 radical (unpaired) electrons. The van der Waals surface area contributed by atoms with Gasteiger partial charge in [-0.2, -0.15) is 0 Å². The van der Waals surface area contributed by atoms with Crippen LogP contribution in [-0.2, 0) is 4.12 Å². The normalized spacial score (nSPS) is 21.2. The largest absolute Gasteiger partial charge is 0.458 e. The zero-order valence-corrected chi connectivity index (χ0v) is 10.5. The van der Waals surface area contributed by atoms with E-state index in [-0.39, 0.29) is 19.5 Å². The molecule has 0 saturated heterocycles. The van der Waals surface area contributed by atoms with Crippen LogP contribution in [0.2, 0.25) is 0 Å². The highest BCUT2D eigenvalue weighted by Crippen LogP contribution is 2.11. The van der Waals surface area contributed by atoms with Crippen molar-refractivity contribution in [3.8, 4) is 0 Å². The molecule has 3 heteroatoms. The molecule has 0 aliphatic heterocycles. The Kier molecular flexibility index (Phi) is 3.13. The van der Waals surface area contributed by atoms with Gasteiger partial charge in [-0.25, -0.2) is 0 Å². The summed E-state index contributed by atoms with van der Waals surface area (Å²) in [5.74, 6) is 0. The molecule has 68 valence electrons. The molecule has 2 aliphatic carbocycles. The molecule has 2 rings (SSSR count). The van der Waals surface area contributed by atoms with Crippen molar-refractivity contribution >= 4 is 19.5 Å². The predicted octanol–water partition coefficient (Wildman–Crippen LogP) is 0.858. The molecule has 0 bridgehead atoms. The lowest BCUT2D eigenvalue weighted by Gasteiger charge is -2.04. The lowest BCUT2D eigenvalue weighted by Crippen LogP contribution is -2.08. The van der Waals surface area contributed by atoms with Crippen LogP contribution in [0.25, 0.3) is 0 Å². The molecule has 2 aliphatic rings. The van der Waals surface area contributed by atoms with Gasteiger partial charge in [-0.3, -0.25) is 0 Å². The Hall–Kier alpha value is -0.646. The van der Waals surface area contributed by atoms with E-state index < -0.39 is 0 Å². The molecular formula is C10H14OSi2. The molecular weight excluding hydrogens is 192 g/mol. The fourth-order valence-electron chi connectivity index (χ4n) is 1.51. The first-order chi connectivity index (χ1) is 6.45. The van der Waals surface area contributed by atoms with Crippen molar-refractivity contribution in [3.63, 3.8) is 0 Å². The zero-order chi connectivity index (χ0) is 8.93. The van der Waals surface area contributed by atoms with E-state index in [0.717, 1.165) is 12.8 Å². The van der Waals surface area contributed by atoms with E-state index in [1.165, 1.54) is 0 Å². The first-order valence-electron chi connectivity index (χ1n) is 4.72. The Morgan fingerprint density at radius 3 is 1.85 bits per heavy atom. The highest BCUT2D eigenvalue weighted by atomic mass is 28.3. The van der Waals surface area contributed by atoms with Crippen LogP contribution in [0.3, 0.4) is 0 Å². The average Bonchev–Trinajstić information content (AvgIpc) is 2.75. The van der Waals surface area contributed by atoms with Gasteiger partial charge >= 0.3 is 0 Å². The molecule has 0 aromatic rings. The van der Waals surface area contributed by atoms with Crippen LogP contribution in [0, 0.1) is 0 Å². The van der Waals surface area contributed by atoms with Gasteiger partial charge in [-0.1, -0.05) is 46.8 Å². The molecule has 0 saturated carbocycles. The highest BCUT2D eigenvalue weighted by Gasteiger charge is 2.03. The fraction of sp³-hybridized carbons (Fsp3) is 0.200. The topological polar surface area (TPSA) is 9.23 Å². The maximum Gasteiger partial charge on any atom is 0.174 e. The van der Waals surface area contributed by atoms with Gasteiger partial charge in [0.25, 0.3) is 0 Å². The van der Waals surface area contributed by atoms with E-state index in [1.807, 2.05) is 0 Å². The van der Waals surface area contributed by atoms with Crippen molar-refractivity contribution in [3.05, 3.63) is 46.8 Å². The molecule has 0 spiro atoms. The van der Waals surface area contributed by atoms with E-state index in [0.29, 0.717) is 0 Å². The monoisotopic (exact) mass is 206 g/mol. The molecule has 0 heterocycles. The van der Waals surface area contributed by atoms with Crippen molar-refractivity contribution < 1.29 is 4.12 Å². The third-order valence-electron chi connectivity index (χ3n) is 2.27. The third-order valence-corrected chi connectivity index (χ3v) is 5.69. The molecule has 0 aromatic carbocycles. The van der Waals surface area contributed by atoms with Gasteiger partial charge in [0.1, 0.15) is 0 Å². The van der Waals surface area contributed by atoms with E-state index in [9.17, 15) is 0 Å². The Labute approximate surface area is 83.8 Å². The summed E-state index contributed by atoms with van der Waals surface area (Å²) in [5.41, 5.74) is 0. The van der Waals surface area contributed by atoms with Gasteiger partial charge in [-0.15, -0.1) is 0 Å². The summed E-state index contributed by atoms with van der Waals surface area (Å²) < 4.78 is 5.86. The van der Waals surface area contributed by atoms with E-state index >= 15 is 0 Å². The van der Waals surface area contributed by atoms with Crippen LogP contribution >= 0.6 is 0 Å². The third kappa shape index (κ3) is 2.65. The van der Waals surface area contributed by atoms with Crippen molar-refractivity contribution in [1.82, 2.24) is 0 Å². The van der Waals surface area contributed by atoms with Crippen molar-refractivity contribution in [2.45, 2.75) is 12.8 Å². The summed E-state index contributed by atoms with van der Waals surface area (Å²) in [5, 5.41) is 3.11. The van der Waals surface area contributed by atoms with Crippen molar-refractivity contribution in [2.24, 2.45) is 0 Å². The summed E-state index contributed by atoms with van der Waals surface area (Å²) in [6.45, 7) is 0. The molecule has 0 N–H and O–H groups in total. The van der Waals surface area contributed by atoms with E-state index in [2.05, 4.69) is 36.5 Å². The first-order valence-corrected chi connectivity index (χ1v) is 7.29. The summed E-state index contributed by atoms with van der Waals surface area (Å²) >= 11 is 0. The van der Waals surface area contributed by atoms with Crippen molar-refractivity contribution in [2.75, 3.05) is 0 Å². The van der Waals surface area contributed by atoms with Crippen LogP contribution in [0.4, 0.5) is 0 Å². The van der Waals surface area contributed by atoms with Crippen LogP contribution in [0.1, 0.15) is 12.8 Å². The van der Waals surface area contributed by atoms with Crippen LogP contribution < -0.4 is 0 Å². The second-order valence-electron chi connectivity index (χ2n) is 3.41. The maximum atomic E-state index is 5.86. The fourth-order valence-corrected chi connectivity index (χ4v) is 5.05. The minimum absolute atomic E-state index is 0.354. The smallest absolute Gasteiger partial charge is 0.174 e. The molecule has 0 fully saturated rings. The SMILES string of the molecule is C1=CCC([SiH2]O[SiH2]C2=CC=CC2)=C1. The lowest BCUT2D eigenvalue weighted by atomic mass is 10.5. The van der Waals surface area contributed by atoms with Crippen LogP contribution in [0.5, 0.6) is 0 Å². The van der Waals surface area contributed by atoms with Crippen LogP contribution in [0.15, 0.2) is 46.8 Å². The second kappa shape index (κ2) is 4.55. The molecule has 13 heavy (non-hydrogen) atoms. The molecule has 0 amide bonds. The molecule has 0 aromatic heterocycles. The average molecular weight is 206 g/mol. The zero-order valence-electron chi connectivity index (χ0n) is 7.70. The Morgan fingerprint density at radius 1 is 0.923 bits per heavy atom. The minimum Gasteiger partial charge on any atom is -0.458 e. The first kappa shape index (κ1) is 8.93. The van der Waals surface area contributed by atoms with Gasteiger partial charge in [0.15, 0.2) is 19.5 Å². The van der Waals surface area contributed by atoms with Gasteiger partial charge in [0, 0.05) is 0 Å². The highest BCUT2D eigenvalue weighted by molar-refractivity contribution is 6.52. The summed E-state index contributed by atoms with van der Waals surface area (Å²) in [4.78, 5) is 0. The predicted molar refractivity (Wildman–Crippen MR) is 61.9 cm³/mol. The van der Waals surface area contributed by atoms with Gasteiger partial charge in [0.2, 0.25) is 0 Å². The summed E-state index contributed by atoms with van der Waals surface area (Å²) in [6.07, 6.45) is 15.5. The Morgan fingerprint density at radius 2 is 1.46 bits per heavy atom. The summed E-state index contributed by atoms with van der Waals surface area (Å²) in [7, 11) is -0.708. The maximum absolute atomic E-state index is 5.86. The Balaban J connectivity index is 1.64.